The fourth-order valence-electron chi connectivity index (χ4n) is 2.53. The number of anilines is 1. The van der Waals surface area contributed by atoms with Crippen molar-refractivity contribution in [2.45, 2.75) is 40.2 Å². The molecule has 2 atom stereocenters. The van der Waals surface area contributed by atoms with E-state index < -0.39 is 0 Å². The lowest BCUT2D eigenvalue weighted by molar-refractivity contribution is 0.0944. The van der Waals surface area contributed by atoms with E-state index in [0.29, 0.717) is 24.4 Å². The smallest absolute Gasteiger partial charge is 0.251 e. The van der Waals surface area contributed by atoms with E-state index >= 15 is 0 Å². The van der Waals surface area contributed by atoms with Gasteiger partial charge in [0.25, 0.3) is 5.91 Å². The highest BCUT2D eigenvalue weighted by molar-refractivity contribution is 5.97. The Balaban J connectivity index is 2.02. The van der Waals surface area contributed by atoms with E-state index in [1.807, 2.05) is 25.1 Å². The van der Waals surface area contributed by atoms with Gasteiger partial charge < -0.3 is 15.4 Å². The van der Waals surface area contributed by atoms with Gasteiger partial charge in [-0.2, -0.15) is 0 Å². The first-order chi connectivity index (χ1) is 10.5. The molecule has 2 rings (SSSR count). The molecule has 0 bridgehead atoms. The van der Waals surface area contributed by atoms with Crippen molar-refractivity contribution in [3.05, 3.63) is 29.3 Å². The van der Waals surface area contributed by atoms with Crippen molar-refractivity contribution in [3.63, 3.8) is 0 Å². The molecule has 1 aromatic rings. The van der Waals surface area contributed by atoms with Gasteiger partial charge in [-0.15, -0.1) is 0 Å². The molecule has 0 radical (unpaired) electrons. The molecule has 0 aromatic heterocycles. The molecule has 4 nitrogen and oxygen atoms in total. The van der Waals surface area contributed by atoms with Crippen LogP contribution in [0.5, 0.6) is 0 Å². The largest absolute Gasteiger partial charge is 0.382 e. The van der Waals surface area contributed by atoms with E-state index in [9.17, 15) is 4.79 Å². The fraction of sp³-hybridized carbons (Fsp3) is 0.611. The highest BCUT2D eigenvalue weighted by Gasteiger charge is 2.18. The SMILES string of the molecule is Cc1c(N[C@@H](C)C(C)C)cccc1C(=O)NC[C@H]1CCOC1. The van der Waals surface area contributed by atoms with Gasteiger partial charge in [-0.25, -0.2) is 0 Å². The van der Waals surface area contributed by atoms with E-state index in [0.717, 1.165) is 36.4 Å². The summed E-state index contributed by atoms with van der Waals surface area (Å²) in [5.74, 6) is 0.996. The Bertz CT molecular complexity index is 508. The maximum absolute atomic E-state index is 12.4. The number of carbonyl (C=O) groups is 1. The summed E-state index contributed by atoms with van der Waals surface area (Å²) in [6, 6.07) is 6.24. The molecule has 1 fully saturated rings. The zero-order valence-electron chi connectivity index (χ0n) is 14.1. The zero-order valence-corrected chi connectivity index (χ0v) is 14.1. The summed E-state index contributed by atoms with van der Waals surface area (Å²) in [7, 11) is 0. The third-order valence-corrected chi connectivity index (χ3v) is 4.54. The minimum absolute atomic E-state index is 0.00486. The van der Waals surface area contributed by atoms with Gasteiger partial charge >= 0.3 is 0 Å². The molecule has 1 aromatic carbocycles. The Morgan fingerprint density at radius 2 is 2.14 bits per heavy atom. The van der Waals surface area contributed by atoms with Gasteiger partial charge in [0.1, 0.15) is 0 Å². The lowest BCUT2D eigenvalue weighted by Crippen LogP contribution is -2.30. The predicted molar refractivity (Wildman–Crippen MR) is 90.4 cm³/mol. The first-order valence-corrected chi connectivity index (χ1v) is 8.21. The van der Waals surface area contributed by atoms with Crippen LogP contribution in [0.1, 0.15) is 43.1 Å². The molecule has 4 heteroatoms. The third-order valence-electron chi connectivity index (χ3n) is 4.54. The quantitative estimate of drug-likeness (QED) is 0.848. The minimum Gasteiger partial charge on any atom is -0.382 e. The van der Waals surface area contributed by atoms with Gasteiger partial charge in [-0.1, -0.05) is 19.9 Å². The fourth-order valence-corrected chi connectivity index (χ4v) is 2.53. The van der Waals surface area contributed by atoms with Gasteiger partial charge in [0.2, 0.25) is 0 Å². The number of carbonyl (C=O) groups excluding carboxylic acids is 1. The average Bonchev–Trinajstić information content (AvgIpc) is 3.00. The van der Waals surface area contributed by atoms with E-state index in [4.69, 9.17) is 4.74 Å². The summed E-state index contributed by atoms with van der Waals surface area (Å²) in [5, 5.41) is 6.54. The van der Waals surface area contributed by atoms with Crippen LogP contribution in [-0.2, 0) is 4.74 Å². The topological polar surface area (TPSA) is 50.4 Å². The van der Waals surface area contributed by atoms with Crippen molar-refractivity contribution >= 4 is 11.6 Å². The van der Waals surface area contributed by atoms with Crippen LogP contribution in [0.2, 0.25) is 0 Å². The lowest BCUT2D eigenvalue weighted by Gasteiger charge is -2.21. The molecule has 0 saturated carbocycles. The van der Waals surface area contributed by atoms with Crippen LogP contribution < -0.4 is 10.6 Å². The summed E-state index contributed by atoms with van der Waals surface area (Å²) < 4.78 is 5.34. The van der Waals surface area contributed by atoms with Crippen molar-refractivity contribution in [1.29, 1.82) is 0 Å². The summed E-state index contributed by atoms with van der Waals surface area (Å²) in [6.45, 7) is 10.8. The van der Waals surface area contributed by atoms with Gasteiger partial charge in [0.05, 0.1) is 6.61 Å². The minimum atomic E-state index is 0.00486. The van der Waals surface area contributed by atoms with Gasteiger partial charge in [-0.3, -0.25) is 4.79 Å². The van der Waals surface area contributed by atoms with Gasteiger partial charge in [0, 0.05) is 36.4 Å². The zero-order chi connectivity index (χ0) is 16.1. The lowest BCUT2D eigenvalue weighted by atomic mass is 10.0. The Labute approximate surface area is 133 Å². The van der Waals surface area contributed by atoms with Crippen LogP contribution in [0.3, 0.4) is 0 Å². The van der Waals surface area contributed by atoms with E-state index in [1.165, 1.54) is 0 Å². The van der Waals surface area contributed by atoms with Crippen molar-refractivity contribution in [1.82, 2.24) is 5.32 Å². The molecule has 1 saturated heterocycles. The van der Waals surface area contributed by atoms with E-state index in [1.54, 1.807) is 0 Å². The molecule has 22 heavy (non-hydrogen) atoms. The Kier molecular flexibility index (Phi) is 5.83. The van der Waals surface area contributed by atoms with E-state index in [-0.39, 0.29) is 5.91 Å². The normalized spacial score (nSPS) is 19.2. The molecular weight excluding hydrogens is 276 g/mol. The molecular formula is C18H28N2O2. The van der Waals surface area contributed by atoms with Gasteiger partial charge in [-0.05, 0) is 43.9 Å². The predicted octanol–water partition coefficient (Wildman–Crippen LogP) is 3.22. The second-order valence-electron chi connectivity index (χ2n) is 6.59. The number of hydrogen-bond acceptors (Lipinski definition) is 3. The molecule has 0 spiro atoms. The first-order valence-electron chi connectivity index (χ1n) is 8.21. The molecule has 1 heterocycles. The second-order valence-corrected chi connectivity index (χ2v) is 6.59. The molecule has 0 aliphatic carbocycles. The Hall–Kier alpha value is -1.55. The number of ether oxygens (including phenoxy) is 1. The van der Waals surface area contributed by atoms with Crippen LogP contribution in [0.15, 0.2) is 18.2 Å². The summed E-state index contributed by atoms with van der Waals surface area (Å²) in [6.07, 6.45) is 1.03. The van der Waals surface area contributed by atoms with Crippen molar-refractivity contribution < 1.29 is 9.53 Å². The van der Waals surface area contributed by atoms with Crippen LogP contribution in [0, 0.1) is 18.8 Å². The van der Waals surface area contributed by atoms with Crippen molar-refractivity contribution in [3.8, 4) is 0 Å². The highest BCUT2D eigenvalue weighted by atomic mass is 16.5. The summed E-state index contributed by atoms with van der Waals surface area (Å²) in [4.78, 5) is 12.4. The number of nitrogens with one attached hydrogen (secondary N) is 2. The number of hydrogen-bond donors (Lipinski definition) is 2. The maximum Gasteiger partial charge on any atom is 0.251 e. The van der Waals surface area contributed by atoms with Gasteiger partial charge in [0.15, 0.2) is 0 Å². The number of rotatable bonds is 6. The molecule has 1 aliphatic heterocycles. The Morgan fingerprint density at radius 3 is 2.77 bits per heavy atom. The molecule has 2 N–H and O–H groups in total. The molecule has 1 aliphatic rings. The van der Waals surface area contributed by atoms with Crippen molar-refractivity contribution in [2.24, 2.45) is 11.8 Å². The molecule has 1 amide bonds. The monoisotopic (exact) mass is 304 g/mol. The summed E-state index contributed by atoms with van der Waals surface area (Å²) >= 11 is 0. The van der Waals surface area contributed by atoms with Crippen molar-refractivity contribution in [2.75, 3.05) is 25.1 Å². The second kappa shape index (κ2) is 7.63. The standard InChI is InChI=1S/C18H28N2O2/c1-12(2)14(4)20-17-7-5-6-16(13(17)3)18(21)19-10-15-8-9-22-11-15/h5-7,12,14-15,20H,8-11H2,1-4H3,(H,19,21)/t14-,15+/m0/s1. The first kappa shape index (κ1) is 16.8. The third kappa shape index (κ3) is 4.23. The average molecular weight is 304 g/mol. The molecule has 0 unspecified atom stereocenters. The summed E-state index contributed by atoms with van der Waals surface area (Å²) in [5.41, 5.74) is 2.80. The highest BCUT2D eigenvalue weighted by Crippen LogP contribution is 2.21. The number of benzene rings is 1. The molecule has 122 valence electrons. The van der Waals surface area contributed by atoms with Crippen LogP contribution in [0.4, 0.5) is 5.69 Å². The maximum atomic E-state index is 12.4. The van der Waals surface area contributed by atoms with Crippen LogP contribution in [0.25, 0.3) is 0 Å². The Morgan fingerprint density at radius 1 is 1.36 bits per heavy atom. The van der Waals surface area contributed by atoms with E-state index in [2.05, 4.69) is 31.4 Å². The number of amides is 1. The van der Waals surface area contributed by atoms with Crippen LogP contribution >= 0.6 is 0 Å². The van der Waals surface area contributed by atoms with Crippen LogP contribution in [-0.4, -0.2) is 31.7 Å².